The van der Waals surface area contributed by atoms with E-state index in [1.54, 1.807) is 6.20 Å². The number of rotatable bonds is 4. The summed E-state index contributed by atoms with van der Waals surface area (Å²) in [5.74, 6) is 0.535. The Kier molecular flexibility index (Phi) is 5.05. The third-order valence-electron chi connectivity index (χ3n) is 3.79. The largest absolute Gasteiger partial charge is 0.381 e. The topological polar surface area (TPSA) is 56.2 Å². The molecule has 0 aliphatic carbocycles. The second-order valence-corrected chi connectivity index (χ2v) is 5.98. The third-order valence-corrected chi connectivity index (χ3v) is 4.15. The summed E-state index contributed by atoms with van der Waals surface area (Å²) < 4.78 is 6.76. The molecule has 1 aliphatic rings. The fourth-order valence-electron chi connectivity index (χ4n) is 2.49. The van der Waals surface area contributed by atoms with Crippen molar-refractivity contribution in [2.24, 2.45) is 5.92 Å². The van der Waals surface area contributed by atoms with Crippen molar-refractivity contribution in [1.82, 2.24) is 9.78 Å². The van der Waals surface area contributed by atoms with Crippen LogP contribution in [0.5, 0.6) is 0 Å². The first kappa shape index (κ1) is 15.3. The van der Waals surface area contributed by atoms with E-state index in [2.05, 4.69) is 17.3 Å². The Labute approximate surface area is 124 Å². The van der Waals surface area contributed by atoms with Gasteiger partial charge < -0.3 is 10.1 Å². The number of ether oxygens (including phenoxy) is 1. The molecule has 112 valence electrons. The lowest BCUT2D eigenvalue weighted by Gasteiger charge is -2.29. The van der Waals surface area contributed by atoms with Crippen molar-refractivity contribution in [1.29, 1.82) is 0 Å². The Morgan fingerprint density at radius 2 is 2.05 bits per heavy atom. The van der Waals surface area contributed by atoms with Gasteiger partial charge in [-0.25, -0.2) is 4.68 Å². The van der Waals surface area contributed by atoms with Gasteiger partial charge in [0.05, 0.1) is 17.9 Å². The standard InChI is InChI=1S/C14H22ClN3O2/c1-9(2)18-14(19)13(15)12(8-16-18)17-10(3)11-4-6-20-7-5-11/h8-11,17H,4-7H2,1-3H3. The van der Waals surface area contributed by atoms with Gasteiger partial charge in [-0.2, -0.15) is 5.10 Å². The monoisotopic (exact) mass is 299 g/mol. The van der Waals surface area contributed by atoms with E-state index in [0.29, 0.717) is 11.6 Å². The summed E-state index contributed by atoms with van der Waals surface area (Å²) in [6.45, 7) is 7.53. The first-order valence-electron chi connectivity index (χ1n) is 7.12. The lowest BCUT2D eigenvalue weighted by Crippen LogP contribution is -2.32. The van der Waals surface area contributed by atoms with Gasteiger partial charge in [0, 0.05) is 19.3 Å². The number of anilines is 1. The molecule has 1 atom stereocenters. The molecule has 1 aliphatic heterocycles. The minimum atomic E-state index is -0.245. The van der Waals surface area contributed by atoms with Crippen LogP contribution in [0, 0.1) is 5.92 Å². The maximum Gasteiger partial charge on any atom is 0.287 e. The van der Waals surface area contributed by atoms with E-state index < -0.39 is 0 Å². The van der Waals surface area contributed by atoms with Crippen LogP contribution in [-0.4, -0.2) is 29.0 Å². The molecule has 0 bridgehead atoms. The summed E-state index contributed by atoms with van der Waals surface area (Å²) in [5.41, 5.74) is 0.374. The van der Waals surface area contributed by atoms with Crippen LogP contribution in [-0.2, 0) is 4.74 Å². The Hall–Kier alpha value is -1.07. The summed E-state index contributed by atoms with van der Waals surface area (Å²) in [6, 6.07) is 0.245. The Balaban J connectivity index is 2.13. The van der Waals surface area contributed by atoms with E-state index in [1.165, 1.54) is 4.68 Å². The summed E-state index contributed by atoms with van der Waals surface area (Å²) in [5, 5.41) is 7.71. The molecule has 1 aromatic rings. The number of nitrogens with zero attached hydrogens (tertiary/aromatic N) is 2. The SMILES string of the molecule is CC(Nc1cnn(C(C)C)c(=O)c1Cl)C1CCOCC1. The second kappa shape index (κ2) is 6.59. The van der Waals surface area contributed by atoms with Gasteiger partial charge in [0.25, 0.3) is 5.56 Å². The van der Waals surface area contributed by atoms with Gasteiger partial charge in [0.2, 0.25) is 0 Å². The molecule has 0 saturated carbocycles. The summed E-state index contributed by atoms with van der Waals surface area (Å²) in [4.78, 5) is 12.1. The Morgan fingerprint density at radius 1 is 1.40 bits per heavy atom. The molecule has 1 fully saturated rings. The highest BCUT2D eigenvalue weighted by Crippen LogP contribution is 2.24. The van der Waals surface area contributed by atoms with Crippen molar-refractivity contribution in [2.75, 3.05) is 18.5 Å². The molecule has 0 spiro atoms. The summed E-state index contributed by atoms with van der Waals surface area (Å²) in [7, 11) is 0. The van der Waals surface area contributed by atoms with Crippen LogP contribution < -0.4 is 10.9 Å². The van der Waals surface area contributed by atoms with Crippen LogP contribution in [0.3, 0.4) is 0 Å². The fourth-order valence-corrected chi connectivity index (χ4v) is 2.68. The molecule has 1 aromatic heterocycles. The van der Waals surface area contributed by atoms with Crippen molar-refractivity contribution in [3.05, 3.63) is 21.6 Å². The predicted octanol–water partition coefficient (Wildman–Crippen LogP) is 2.70. The number of hydrogen-bond acceptors (Lipinski definition) is 4. The van der Waals surface area contributed by atoms with Crippen LogP contribution in [0.4, 0.5) is 5.69 Å². The smallest absolute Gasteiger partial charge is 0.287 e. The van der Waals surface area contributed by atoms with E-state index in [4.69, 9.17) is 16.3 Å². The molecular weight excluding hydrogens is 278 g/mol. The van der Waals surface area contributed by atoms with Crippen molar-refractivity contribution in [3.8, 4) is 0 Å². The molecule has 1 N–H and O–H groups in total. The minimum Gasteiger partial charge on any atom is -0.381 e. The fraction of sp³-hybridized carbons (Fsp3) is 0.714. The first-order chi connectivity index (χ1) is 9.50. The van der Waals surface area contributed by atoms with Gasteiger partial charge in [0.15, 0.2) is 0 Å². The molecule has 20 heavy (non-hydrogen) atoms. The zero-order valence-electron chi connectivity index (χ0n) is 12.2. The number of nitrogens with one attached hydrogen (secondary N) is 1. The van der Waals surface area contributed by atoms with Crippen molar-refractivity contribution in [2.45, 2.75) is 45.7 Å². The molecule has 0 radical (unpaired) electrons. The second-order valence-electron chi connectivity index (χ2n) is 5.60. The van der Waals surface area contributed by atoms with Gasteiger partial charge in [0.1, 0.15) is 5.02 Å². The third kappa shape index (κ3) is 3.33. The van der Waals surface area contributed by atoms with E-state index in [9.17, 15) is 4.79 Å². The van der Waals surface area contributed by atoms with Crippen molar-refractivity contribution in [3.63, 3.8) is 0 Å². The van der Waals surface area contributed by atoms with Crippen molar-refractivity contribution < 1.29 is 4.74 Å². The maximum atomic E-state index is 12.1. The van der Waals surface area contributed by atoms with Gasteiger partial charge >= 0.3 is 0 Å². The van der Waals surface area contributed by atoms with Gasteiger partial charge in [-0.1, -0.05) is 11.6 Å². The molecule has 2 heterocycles. The molecule has 0 aromatic carbocycles. The van der Waals surface area contributed by atoms with Gasteiger partial charge in [-0.15, -0.1) is 0 Å². The summed E-state index contributed by atoms with van der Waals surface area (Å²) >= 11 is 6.16. The van der Waals surface area contributed by atoms with Crippen LogP contribution in [0.2, 0.25) is 5.02 Å². The maximum absolute atomic E-state index is 12.1. The predicted molar refractivity (Wildman–Crippen MR) is 80.5 cm³/mol. The Bertz CT molecular complexity index is 510. The number of aromatic nitrogens is 2. The molecular formula is C14H22ClN3O2. The number of hydrogen-bond donors (Lipinski definition) is 1. The quantitative estimate of drug-likeness (QED) is 0.929. The van der Waals surface area contributed by atoms with E-state index in [-0.39, 0.29) is 22.7 Å². The van der Waals surface area contributed by atoms with Crippen LogP contribution in [0.1, 0.15) is 39.7 Å². The van der Waals surface area contributed by atoms with Crippen LogP contribution in [0.15, 0.2) is 11.0 Å². The average Bonchev–Trinajstić information content (AvgIpc) is 2.44. The average molecular weight is 300 g/mol. The first-order valence-corrected chi connectivity index (χ1v) is 7.50. The lowest BCUT2D eigenvalue weighted by molar-refractivity contribution is 0.0622. The zero-order valence-corrected chi connectivity index (χ0v) is 13.0. The van der Waals surface area contributed by atoms with E-state index in [1.807, 2.05) is 13.8 Å². The minimum absolute atomic E-state index is 0.00182. The van der Waals surface area contributed by atoms with Crippen LogP contribution >= 0.6 is 11.6 Å². The van der Waals surface area contributed by atoms with E-state index >= 15 is 0 Å². The summed E-state index contributed by atoms with van der Waals surface area (Å²) in [6.07, 6.45) is 3.70. The highest BCUT2D eigenvalue weighted by atomic mass is 35.5. The van der Waals surface area contributed by atoms with Gasteiger partial charge in [-0.05, 0) is 39.5 Å². The zero-order chi connectivity index (χ0) is 14.7. The van der Waals surface area contributed by atoms with Gasteiger partial charge in [-0.3, -0.25) is 4.79 Å². The van der Waals surface area contributed by atoms with Crippen molar-refractivity contribution >= 4 is 17.3 Å². The number of halogens is 1. The van der Waals surface area contributed by atoms with E-state index in [0.717, 1.165) is 26.1 Å². The lowest BCUT2D eigenvalue weighted by atomic mass is 9.93. The molecule has 0 amide bonds. The highest BCUT2D eigenvalue weighted by Gasteiger charge is 2.22. The molecule has 2 rings (SSSR count). The molecule has 1 unspecified atom stereocenters. The molecule has 6 heteroatoms. The Morgan fingerprint density at radius 3 is 2.65 bits per heavy atom. The molecule has 1 saturated heterocycles. The highest BCUT2D eigenvalue weighted by molar-refractivity contribution is 6.32. The molecule has 5 nitrogen and oxygen atoms in total. The van der Waals surface area contributed by atoms with Crippen LogP contribution in [0.25, 0.3) is 0 Å². The normalized spacial score (nSPS) is 18.2.